The molecule has 1 aromatic carbocycles. The molecule has 4 atom stereocenters. The van der Waals surface area contributed by atoms with E-state index in [2.05, 4.69) is 4.98 Å². The molecular weight excluding hydrogens is 352 g/mol. The maximum Gasteiger partial charge on any atom is 0.331 e. The quantitative estimate of drug-likeness (QED) is 0.809. The molecule has 2 aromatic rings. The first kappa shape index (κ1) is 18.1. The molecule has 27 heavy (non-hydrogen) atoms. The van der Waals surface area contributed by atoms with Crippen molar-refractivity contribution in [1.29, 1.82) is 0 Å². The fourth-order valence-electron chi connectivity index (χ4n) is 3.93. The Bertz CT molecular complexity index is 966. The summed E-state index contributed by atoms with van der Waals surface area (Å²) in [5, 5.41) is 9.87. The van der Waals surface area contributed by atoms with Gasteiger partial charge in [0, 0.05) is 17.3 Å². The molecule has 0 bridgehead atoms. The van der Waals surface area contributed by atoms with Crippen molar-refractivity contribution in [3.05, 3.63) is 68.5 Å². The monoisotopic (exact) mass is 374 g/mol. The lowest BCUT2D eigenvalue weighted by atomic mass is 9.94. The first-order valence-corrected chi connectivity index (χ1v) is 8.81. The van der Waals surface area contributed by atoms with Gasteiger partial charge in [-0.25, -0.2) is 4.79 Å². The lowest BCUT2D eigenvalue weighted by molar-refractivity contribution is -0.223. The van der Waals surface area contributed by atoms with E-state index in [-0.39, 0.29) is 6.61 Å². The number of aryl methyl sites for hydroxylation is 1. The van der Waals surface area contributed by atoms with Crippen molar-refractivity contribution in [3.63, 3.8) is 0 Å². The van der Waals surface area contributed by atoms with E-state index in [0.717, 1.165) is 0 Å². The number of nitrogens with zero attached hydrogens (tertiary/aromatic N) is 1. The van der Waals surface area contributed by atoms with Gasteiger partial charge in [-0.15, -0.1) is 0 Å². The summed E-state index contributed by atoms with van der Waals surface area (Å²) in [5.74, 6) is -0.909. The van der Waals surface area contributed by atoms with Gasteiger partial charge in [-0.05, 0) is 20.8 Å². The highest BCUT2D eigenvalue weighted by Crippen LogP contribution is 2.49. The van der Waals surface area contributed by atoms with Gasteiger partial charge in [0.25, 0.3) is 5.56 Å². The summed E-state index contributed by atoms with van der Waals surface area (Å²) >= 11 is 0. The number of ether oxygens (including phenoxy) is 3. The Morgan fingerprint density at radius 2 is 1.85 bits per heavy atom. The third-order valence-corrected chi connectivity index (χ3v) is 5.06. The highest BCUT2D eigenvalue weighted by Gasteiger charge is 2.64. The second kappa shape index (κ2) is 6.13. The van der Waals surface area contributed by atoms with Crippen LogP contribution < -0.4 is 11.2 Å². The lowest BCUT2D eigenvalue weighted by Gasteiger charge is -2.36. The van der Waals surface area contributed by atoms with Crippen LogP contribution in [0.5, 0.6) is 0 Å². The van der Waals surface area contributed by atoms with Crippen LogP contribution in [0.2, 0.25) is 0 Å². The van der Waals surface area contributed by atoms with E-state index in [1.807, 2.05) is 30.3 Å². The third-order valence-electron chi connectivity index (χ3n) is 5.06. The van der Waals surface area contributed by atoms with Gasteiger partial charge in [0.1, 0.15) is 18.3 Å². The molecule has 0 amide bonds. The number of H-pyrrole nitrogens is 1. The molecule has 8 heteroatoms. The van der Waals surface area contributed by atoms with Crippen LogP contribution in [0.1, 0.15) is 25.0 Å². The molecule has 8 nitrogen and oxygen atoms in total. The van der Waals surface area contributed by atoms with Gasteiger partial charge in [0.05, 0.1) is 6.61 Å². The molecule has 0 radical (unpaired) electrons. The summed E-state index contributed by atoms with van der Waals surface area (Å²) in [6.45, 7) is 4.86. The molecular formula is C19H22N2O6. The van der Waals surface area contributed by atoms with Gasteiger partial charge < -0.3 is 19.3 Å². The van der Waals surface area contributed by atoms with Crippen molar-refractivity contribution in [2.24, 2.45) is 0 Å². The molecule has 2 fully saturated rings. The van der Waals surface area contributed by atoms with Crippen molar-refractivity contribution < 1.29 is 19.3 Å². The highest BCUT2D eigenvalue weighted by molar-refractivity contribution is 5.29. The van der Waals surface area contributed by atoms with Gasteiger partial charge in [0.2, 0.25) is 5.72 Å². The molecule has 0 spiro atoms. The van der Waals surface area contributed by atoms with E-state index in [1.54, 1.807) is 20.8 Å². The maximum atomic E-state index is 12.8. The van der Waals surface area contributed by atoms with E-state index in [1.165, 1.54) is 10.8 Å². The SMILES string of the molecule is Cc1cn([C@@]2(c3ccccc3)O[C@H](CO)[C@H]3OC(C)(C)O[C@H]32)c(=O)[nH]c1=O. The molecule has 0 saturated carbocycles. The van der Waals surface area contributed by atoms with Crippen LogP contribution in [-0.4, -0.2) is 45.4 Å². The Balaban J connectivity index is 2.01. The first-order valence-electron chi connectivity index (χ1n) is 8.81. The Morgan fingerprint density at radius 3 is 2.52 bits per heavy atom. The number of aromatic amines is 1. The van der Waals surface area contributed by atoms with Crippen LogP contribution in [-0.2, 0) is 19.9 Å². The smallest absolute Gasteiger partial charge is 0.331 e. The van der Waals surface area contributed by atoms with Crippen molar-refractivity contribution in [3.8, 4) is 0 Å². The second-order valence-corrected chi connectivity index (χ2v) is 7.36. The number of fused-ring (bicyclic) bond motifs is 1. The van der Waals surface area contributed by atoms with E-state index in [9.17, 15) is 14.7 Å². The van der Waals surface area contributed by atoms with Crippen molar-refractivity contribution in [2.75, 3.05) is 6.61 Å². The fourth-order valence-corrected chi connectivity index (χ4v) is 3.93. The highest BCUT2D eigenvalue weighted by atomic mass is 16.8. The molecule has 144 valence electrons. The Kier molecular flexibility index (Phi) is 4.12. The number of nitrogens with one attached hydrogen (secondary N) is 1. The Labute approximate surface area is 155 Å². The number of rotatable bonds is 3. The summed E-state index contributed by atoms with van der Waals surface area (Å²) in [6.07, 6.45) is -0.518. The normalized spacial score (nSPS) is 31.8. The standard InChI is InChI=1S/C19H22N2O6/c1-11-9-21(17(24)20-16(11)23)19(12-7-5-4-6-8-12)15-14(13(10-22)25-19)26-18(2,3)27-15/h4-9,13-15,22H,10H2,1-3H3,(H,20,23,24)/t13-,14-,15-,19+/m1/s1. The maximum absolute atomic E-state index is 12.8. The average Bonchev–Trinajstić information content (AvgIpc) is 3.10. The molecule has 0 unspecified atom stereocenters. The minimum atomic E-state index is -1.39. The van der Waals surface area contributed by atoms with E-state index >= 15 is 0 Å². The molecule has 2 aliphatic heterocycles. The summed E-state index contributed by atoms with van der Waals surface area (Å²) < 4.78 is 19.7. The van der Waals surface area contributed by atoms with Crippen LogP contribution in [0.25, 0.3) is 0 Å². The van der Waals surface area contributed by atoms with E-state index in [0.29, 0.717) is 11.1 Å². The largest absolute Gasteiger partial charge is 0.394 e. The second-order valence-electron chi connectivity index (χ2n) is 7.36. The summed E-state index contributed by atoms with van der Waals surface area (Å²) in [4.78, 5) is 27.0. The fraction of sp³-hybridized carbons (Fsp3) is 0.474. The van der Waals surface area contributed by atoms with Gasteiger partial charge in [-0.1, -0.05) is 30.3 Å². The zero-order valence-corrected chi connectivity index (χ0v) is 15.3. The molecule has 2 N–H and O–H groups in total. The van der Waals surface area contributed by atoms with Crippen molar-refractivity contribution >= 4 is 0 Å². The predicted molar refractivity (Wildman–Crippen MR) is 95.4 cm³/mol. The number of aromatic nitrogens is 2. The summed E-state index contributed by atoms with van der Waals surface area (Å²) in [7, 11) is 0. The van der Waals surface area contributed by atoms with Crippen molar-refractivity contribution in [2.45, 2.75) is 50.6 Å². The zero-order valence-electron chi connectivity index (χ0n) is 15.3. The number of hydrogen-bond donors (Lipinski definition) is 2. The summed E-state index contributed by atoms with van der Waals surface area (Å²) in [5.41, 5.74) is -1.46. The van der Waals surface area contributed by atoms with Crippen LogP contribution in [0.15, 0.2) is 46.1 Å². The van der Waals surface area contributed by atoms with Gasteiger partial charge in [-0.2, -0.15) is 0 Å². The first-order chi connectivity index (χ1) is 12.8. The molecule has 4 rings (SSSR count). The van der Waals surface area contributed by atoms with E-state index in [4.69, 9.17) is 14.2 Å². The summed E-state index contributed by atoms with van der Waals surface area (Å²) in [6, 6.07) is 9.14. The topological polar surface area (TPSA) is 103 Å². The van der Waals surface area contributed by atoms with Crippen LogP contribution in [0.4, 0.5) is 0 Å². The minimum Gasteiger partial charge on any atom is -0.394 e. The molecule has 3 heterocycles. The molecule has 2 aliphatic rings. The molecule has 2 saturated heterocycles. The number of aliphatic hydroxyl groups is 1. The van der Waals surface area contributed by atoms with Gasteiger partial charge >= 0.3 is 5.69 Å². The third kappa shape index (κ3) is 2.68. The van der Waals surface area contributed by atoms with Crippen LogP contribution >= 0.6 is 0 Å². The van der Waals surface area contributed by atoms with Crippen LogP contribution in [0, 0.1) is 6.92 Å². The predicted octanol–water partition coefficient (Wildman–Crippen LogP) is 0.457. The van der Waals surface area contributed by atoms with Crippen molar-refractivity contribution in [1.82, 2.24) is 9.55 Å². The molecule has 0 aliphatic carbocycles. The van der Waals surface area contributed by atoms with Crippen LogP contribution in [0.3, 0.4) is 0 Å². The van der Waals surface area contributed by atoms with E-state index < -0.39 is 41.1 Å². The lowest BCUT2D eigenvalue weighted by Crippen LogP contribution is -2.52. The van der Waals surface area contributed by atoms with Gasteiger partial charge in [0.15, 0.2) is 5.79 Å². The number of benzene rings is 1. The molecule has 1 aromatic heterocycles. The number of aliphatic hydroxyl groups excluding tert-OH is 1. The number of hydrogen-bond acceptors (Lipinski definition) is 6. The minimum absolute atomic E-state index is 0.299. The van der Waals surface area contributed by atoms with Gasteiger partial charge in [-0.3, -0.25) is 14.3 Å². The average molecular weight is 374 g/mol. The Hall–Kier alpha value is -2.26. The zero-order chi connectivity index (χ0) is 19.4. The Morgan fingerprint density at radius 1 is 1.15 bits per heavy atom.